The molecule has 0 aliphatic heterocycles. The summed E-state index contributed by atoms with van der Waals surface area (Å²) in [6.45, 7) is 1.72. The summed E-state index contributed by atoms with van der Waals surface area (Å²) in [7, 11) is -3.63. The summed E-state index contributed by atoms with van der Waals surface area (Å²) < 4.78 is 28.4. The number of hydrogen-bond acceptors (Lipinski definition) is 5. The number of hydrogen-bond donors (Lipinski definition) is 3. The Kier molecular flexibility index (Phi) is 7.83. The zero-order chi connectivity index (χ0) is 24.8. The molecule has 0 spiro atoms. The number of Topliss-reactive ketones (excluding diaryl/α,β-unsaturated/α-hetero) is 1. The largest absolute Gasteiger partial charge is 0.369 e. The number of carbonyl (C=O) groups is 1. The van der Waals surface area contributed by atoms with E-state index in [9.17, 15) is 13.2 Å². The van der Waals surface area contributed by atoms with Gasteiger partial charge >= 0.3 is 0 Å². The van der Waals surface area contributed by atoms with Gasteiger partial charge < -0.3 is 10.7 Å². The highest BCUT2D eigenvalue weighted by Gasteiger charge is 2.23. The number of sulfonamides is 1. The van der Waals surface area contributed by atoms with Gasteiger partial charge in [0.25, 0.3) is 0 Å². The minimum atomic E-state index is -3.63. The van der Waals surface area contributed by atoms with Crippen LogP contribution in [-0.4, -0.2) is 24.2 Å². The number of nitrogens with one attached hydrogen (secondary N) is 2. The number of H-pyrrole nitrogens is 1. The van der Waals surface area contributed by atoms with E-state index in [1.165, 1.54) is 19.3 Å². The molecule has 5 rings (SSSR count). The van der Waals surface area contributed by atoms with Gasteiger partial charge in [0.15, 0.2) is 5.95 Å². The third kappa shape index (κ3) is 6.26. The number of fused-ring (bicyclic) bond motifs is 1. The molecule has 3 aromatic rings. The molecule has 8 heteroatoms. The van der Waals surface area contributed by atoms with Crippen molar-refractivity contribution >= 4 is 27.8 Å². The van der Waals surface area contributed by atoms with E-state index >= 15 is 0 Å². The van der Waals surface area contributed by atoms with Crippen molar-refractivity contribution in [3.8, 4) is 11.3 Å². The number of anilines is 1. The van der Waals surface area contributed by atoms with Gasteiger partial charge in [-0.15, -0.1) is 0 Å². The molecule has 7 nitrogen and oxygen atoms in total. The fourth-order valence-electron chi connectivity index (χ4n) is 4.61. The molecule has 1 fully saturated rings. The number of nitrogens with zero attached hydrogens (tertiary/aromatic N) is 1. The number of nitrogen functional groups attached to an aromatic ring is 1. The number of ketones is 1. The van der Waals surface area contributed by atoms with E-state index in [1.54, 1.807) is 37.4 Å². The number of carbonyl (C=O) groups excluding carboxylic acids is 1. The predicted molar refractivity (Wildman–Crippen MR) is 139 cm³/mol. The van der Waals surface area contributed by atoms with Crippen LogP contribution in [0.4, 0.5) is 5.95 Å². The fraction of sp³-hybridized carbons (Fsp3) is 0.333. The third-order valence-electron chi connectivity index (χ3n) is 6.59. The molecule has 1 aromatic heterocycles. The second kappa shape index (κ2) is 11.0. The van der Waals surface area contributed by atoms with Crippen LogP contribution in [0.15, 0.2) is 65.7 Å². The quantitative estimate of drug-likeness (QED) is 0.449. The van der Waals surface area contributed by atoms with Crippen molar-refractivity contribution in [3.63, 3.8) is 0 Å². The van der Waals surface area contributed by atoms with Crippen LogP contribution < -0.4 is 10.5 Å². The van der Waals surface area contributed by atoms with Crippen molar-refractivity contribution in [3.05, 3.63) is 71.9 Å². The number of rotatable bonds is 5. The summed E-state index contributed by atoms with van der Waals surface area (Å²) in [6, 6.07) is 14.2. The zero-order valence-electron chi connectivity index (χ0n) is 19.9. The maximum absolute atomic E-state index is 12.8. The van der Waals surface area contributed by atoms with E-state index in [-0.39, 0.29) is 10.9 Å². The normalized spacial score (nSPS) is 17.8. The van der Waals surface area contributed by atoms with Gasteiger partial charge in [-0.3, -0.25) is 4.79 Å². The molecule has 2 aromatic carbocycles. The third-order valence-corrected chi connectivity index (χ3v) is 8.08. The lowest BCUT2D eigenvalue weighted by atomic mass is 9.87. The van der Waals surface area contributed by atoms with Gasteiger partial charge in [0.05, 0.1) is 22.8 Å². The SMILES string of the molecule is CC(=O)C1CCCCC1.Nc1ncc(-c2ccc(S(=O)(=O)NC3CC=Cc4ccccc43)cc2)[nH]1. The van der Waals surface area contributed by atoms with Gasteiger partial charge in [0, 0.05) is 5.92 Å². The van der Waals surface area contributed by atoms with E-state index in [0.717, 1.165) is 35.2 Å². The van der Waals surface area contributed by atoms with Crippen LogP contribution in [0, 0.1) is 5.92 Å². The molecule has 0 radical (unpaired) electrons. The lowest BCUT2D eigenvalue weighted by Gasteiger charge is -2.22. The molecule has 0 saturated heterocycles. The van der Waals surface area contributed by atoms with Gasteiger partial charge in [-0.05, 0) is 55.0 Å². The van der Waals surface area contributed by atoms with Crippen LogP contribution in [-0.2, 0) is 14.8 Å². The standard InChI is InChI=1S/C19H18N4O2S.C8H14O/c20-19-21-12-18(22-19)14-8-10-15(11-9-14)26(24,25)23-17-7-3-5-13-4-1-2-6-16(13)17;1-7(9)8-5-3-2-4-6-8/h1-6,8-12,17,23H,7H2,(H3,20,21,22);8H,2-6H2,1H3. The second-order valence-corrected chi connectivity index (χ2v) is 10.8. The second-order valence-electron chi connectivity index (χ2n) is 9.09. The van der Waals surface area contributed by atoms with Crippen LogP contribution in [0.5, 0.6) is 0 Å². The van der Waals surface area contributed by atoms with E-state index in [2.05, 4.69) is 14.7 Å². The summed E-state index contributed by atoms with van der Waals surface area (Å²) in [5, 5.41) is 0. The van der Waals surface area contributed by atoms with E-state index in [1.807, 2.05) is 36.4 Å². The average Bonchev–Trinajstić information content (AvgIpc) is 3.31. The Balaban J connectivity index is 0.000000271. The Morgan fingerprint density at radius 1 is 1.06 bits per heavy atom. The average molecular weight is 493 g/mol. The molecule has 4 N–H and O–H groups in total. The monoisotopic (exact) mass is 492 g/mol. The number of aromatic amines is 1. The summed E-state index contributed by atoms with van der Waals surface area (Å²) >= 11 is 0. The molecule has 0 bridgehead atoms. The Bertz CT molecular complexity index is 1290. The first kappa shape index (κ1) is 24.9. The maximum Gasteiger partial charge on any atom is 0.241 e. The summed E-state index contributed by atoms with van der Waals surface area (Å²) in [5.74, 6) is 1.14. The van der Waals surface area contributed by atoms with Crippen LogP contribution in [0.2, 0.25) is 0 Å². The molecule has 1 atom stereocenters. The number of nitrogens with two attached hydrogens (primary N) is 1. The first-order valence-electron chi connectivity index (χ1n) is 12.0. The van der Waals surface area contributed by atoms with Crippen molar-refractivity contribution in [2.75, 3.05) is 5.73 Å². The minimum absolute atomic E-state index is 0.223. The molecule has 1 saturated carbocycles. The molecule has 1 unspecified atom stereocenters. The number of benzene rings is 2. The van der Waals surface area contributed by atoms with Gasteiger partial charge in [0.1, 0.15) is 5.78 Å². The first-order chi connectivity index (χ1) is 16.8. The van der Waals surface area contributed by atoms with Gasteiger partial charge in [-0.2, -0.15) is 0 Å². The van der Waals surface area contributed by atoms with Gasteiger partial charge in [0.2, 0.25) is 10.0 Å². The molecular weight excluding hydrogens is 460 g/mol. The van der Waals surface area contributed by atoms with E-state index < -0.39 is 10.0 Å². The molecule has 0 amide bonds. The smallest absolute Gasteiger partial charge is 0.241 e. The Morgan fingerprint density at radius 2 is 1.77 bits per heavy atom. The van der Waals surface area contributed by atoms with E-state index in [4.69, 9.17) is 5.73 Å². The summed E-state index contributed by atoms with van der Waals surface area (Å²) in [4.78, 5) is 17.9. The minimum Gasteiger partial charge on any atom is -0.369 e. The van der Waals surface area contributed by atoms with E-state index in [0.29, 0.717) is 24.1 Å². The molecule has 35 heavy (non-hydrogen) atoms. The van der Waals surface area contributed by atoms with Crippen molar-refractivity contribution in [2.24, 2.45) is 5.92 Å². The first-order valence-corrected chi connectivity index (χ1v) is 13.5. The van der Waals surface area contributed by atoms with Gasteiger partial charge in [-0.25, -0.2) is 18.1 Å². The van der Waals surface area contributed by atoms with Gasteiger partial charge in [-0.1, -0.05) is 67.8 Å². The highest BCUT2D eigenvalue weighted by atomic mass is 32.2. The molecule has 2 aliphatic rings. The maximum atomic E-state index is 12.8. The lowest BCUT2D eigenvalue weighted by molar-refractivity contribution is -0.121. The highest BCUT2D eigenvalue weighted by molar-refractivity contribution is 7.89. The summed E-state index contributed by atoms with van der Waals surface area (Å²) in [6.07, 6.45) is 12.4. The van der Waals surface area contributed by atoms with Crippen LogP contribution in [0.25, 0.3) is 17.3 Å². The fourth-order valence-corrected chi connectivity index (χ4v) is 5.84. The Hall–Kier alpha value is -3.23. The molecule has 2 aliphatic carbocycles. The molecule has 1 heterocycles. The number of imidazole rings is 1. The molecule has 184 valence electrons. The van der Waals surface area contributed by atoms with Crippen LogP contribution in [0.3, 0.4) is 0 Å². The topological polar surface area (TPSA) is 118 Å². The van der Waals surface area contributed by atoms with Crippen molar-refractivity contribution in [1.82, 2.24) is 14.7 Å². The highest BCUT2D eigenvalue weighted by Crippen LogP contribution is 2.29. The Labute approximate surface area is 206 Å². The van der Waals surface area contributed by atoms with Crippen molar-refractivity contribution < 1.29 is 13.2 Å². The number of aromatic nitrogens is 2. The van der Waals surface area contributed by atoms with Crippen LogP contribution in [0.1, 0.15) is 62.6 Å². The van der Waals surface area contributed by atoms with Crippen molar-refractivity contribution in [2.45, 2.75) is 56.4 Å². The lowest BCUT2D eigenvalue weighted by Crippen LogP contribution is -2.29. The molecular formula is C27H32N4O3S. The summed E-state index contributed by atoms with van der Waals surface area (Å²) in [5.41, 5.74) is 9.17. The zero-order valence-corrected chi connectivity index (χ0v) is 20.7. The van der Waals surface area contributed by atoms with Crippen LogP contribution >= 0.6 is 0 Å². The Morgan fingerprint density at radius 3 is 2.40 bits per heavy atom. The van der Waals surface area contributed by atoms with Crippen molar-refractivity contribution in [1.29, 1.82) is 0 Å². The predicted octanol–water partition coefficient (Wildman–Crippen LogP) is 5.25.